The minimum atomic E-state index is -4.95. The molecule has 1 amide bonds. The molecule has 0 atom stereocenters. The minimum Gasteiger partial charge on any atom is -0.383 e. The lowest BCUT2D eigenvalue weighted by molar-refractivity contribution is -0.138. The number of carbonyl (C=O) groups excluding carboxylic acids is 1. The molecule has 1 fully saturated rings. The van der Waals surface area contributed by atoms with E-state index in [1.54, 1.807) is 4.52 Å². The van der Waals surface area contributed by atoms with Crippen LogP contribution in [0.1, 0.15) is 110 Å². The van der Waals surface area contributed by atoms with Gasteiger partial charge in [0, 0.05) is 30.8 Å². The first kappa shape index (κ1) is 37.9. The standard InChI is InChI=1S/C17H13ClF7N3O.C15H25N5/c1-27-15(22)11(13(26-27)14(20)21)16(29)28(7-2-3-7)6-8-9(17(23,24)25)4-5-10(18)12(8)19;1-3-5-6-7-8-9-10-12-13(4-2)19-15-17-11-18-20(15)14(12)16/h4-5,7,14H,2-3,6H2,1H3;11H,3-10,16H2,1-2H3. The maximum atomic E-state index is 14.4. The molecular formula is C32H38ClF7N8O. The van der Waals surface area contributed by atoms with Gasteiger partial charge in [-0.2, -0.15) is 37.3 Å². The van der Waals surface area contributed by atoms with E-state index < -0.39 is 70.3 Å². The molecule has 1 aliphatic carbocycles. The number of rotatable bonds is 13. The minimum absolute atomic E-state index is 0.348. The summed E-state index contributed by atoms with van der Waals surface area (Å²) in [5, 5.41) is 6.80. The van der Waals surface area contributed by atoms with E-state index in [1.165, 1.54) is 44.9 Å². The van der Waals surface area contributed by atoms with E-state index in [2.05, 4.69) is 34.0 Å². The molecule has 0 bridgehead atoms. The van der Waals surface area contributed by atoms with Crippen LogP contribution < -0.4 is 5.73 Å². The van der Waals surface area contributed by atoms with Crippen LogP contribution in [0.4, 0.5) is 36.6 Å². The Hall–Kier alpha value is -3.95. The highest BCUT2D eigenvalue weighted by molar-refractivity contribution is 6.30. The summed E-state index contributed by atoms with van der Waals surface area (Å²) in [5.41, 5.74) is 3.97. The molecule has 4 aromatic rings. The lowest BCUT2D eigenvalue weighted by atomic mass is 10.0. The molecule has 5 rings (SSSR count). The van der Waals surface area contributed by atoms with Crippen LogP contribution in [0.5, 0.6) is 0 Å². The van der Waals surface area contributed by atoms with Crippen LogP contribution in [0.25, 0.3) is 5.78 Å². The Kier molecular flexibility index (Phi) is 12.5. The van der Waals surface area contributed by atoms with Gasteiger partial charge in [0.25, 0.3) is 18.1 Å². The van der Waals surface area contributed by atoms with Crippen molar-refractivity contribution in [2.45, 2.75) is 103 Å². The van der Waals surface area contributed by atoms with E-state index in [1.807, 2.05) is 0 Å². The number of hydrogen-bond donors (Lipinski definition) is 1. The van der Waals surface area contributed by atoms with Crippen LogP contribution in [-0.2, 0) is 32.6 Å². The number of nitrogens with two attached hydrogens (primary N) is 1. The number of aromatic nitrogens is 6. The summed E-state index contributed by atoms with van der Waals surface area (Å²) < 4.78 is 97.0. The molecule has 0 radical (unpaired) electrons. The summed E-state index contributed by atoms with van der Waals surface area (Å²) >= 11 is 5.59. The number of aryl methyl sites for hydroxylation is 2. The molecule has 268 valence electrons. The fraction of sp³-hybridized carbons (Fsp3) is 0.531. The summed E-state index contributed by atoms with van der Waals surface area (Å²) in [6, 6.07) is 0.639. The number of unbranched alkanes of at least 4 members (excludes halogenated alkanes) is 5. The molecule has 49 heavy (non-hydrogen) atoms. The van der Waals surface area contributed by atoms with Gasteiger partial charge in [-0.05, 0) is 44.2 Å². The van der Waals surface area contributed by atoms with Gasteiger partial charge < -0.3 is 10.6 Å². The highest BCUT2D eigenvalue weighted by Gasteiger charge is 2.41. The van der Waals surface area contributed by atoms with Crippen molar-refractivity contribution in [2.24, 2.45) is 7.05 Å². The van der Waals surface area contributed by atoms with Crippen molar-refractivity contribution in [3.63, 3.8) is 0 Å². The van der Waals surface area contributed by atoms with Gasteiger partial charge in [-0.15, -0.1) is 0 Å². The topological polar surface area (TPSA) is 107 Å². The number of alkyl halides is 5. The van der Waals surface area contributed by atoms with Crippen molar-refractivity contribution in [3.8, 4) is 0 Å². The van der Waals surface area contributed by atoms with Crippen LogP contribution in [0, 0.1) is 11.8 Å². The van der Waals surface area contributed by atoms with Crippen LogP contribution in [0.15, 0.2) is 18.5 Å². The van der Waals surface area contributed by atoms with Crippen molar-refractivity contribution in [3.05, 3.63) is 68.9 Å². The average molecular weight is 719 g/mol. The Bertz CT molecular complexity index is 1750. The first-order chi connectivity index (χ1) is 23.2. The van der Waals surface area contributed by atoms with Crippen molar-refractivity contribution in [1.29, 1.82) is 0 Å². The molecule has 3 heterocycles. The van der Waals surface area contributed by atoms with Gasteiger partial charge >= 0.3 is 6.18 Å². The monoisotopic (exact) mass is 718 g/mol. The Morgan fingerprint density at radius 3 is 2.37 bits per heavy atom. The van der Waals surface area contributed by atoms with E-state index in [0.29, 0.717) is 35.2 Å². The third-order valence-corrected chi connectivity index (χ3v) is 8.56. The summed E-state index contributed by atoms with van der Waals surface area (Å²) in [5.74, 6) is -2.73. The molecule has 3 aromatic heterocycles. The van der Waals surface area contributed by atoms with Crippen molar-refractivity contribution >= 4 is 29.1 Å². The van der Waals surface area contributed by atoms with E-state index in [-0.39, 0.29) is 0 Å². The summed E-state index contributed by atoms with van der Waals surface area (Å²) in [7, 11) is 0.998. The zero-order valence-corrected chi connectivity index (χ0v) is 28.1. The number of anilines is 1. The number of amides is 1. The highest BCUT2D eigenvalue weighted by atomic mass is 35.5. The number of fused-ring (bicyclic) bond motifs is 1. The van der Waals surface area contributed by atoms with E-state index in [4.69, 9.17) is 17.3 Å². The highest BCUT2D eigenvalue weighted by Crippen LogP contribution is 2.39. The molecule has 1 saturated carbocycles. The zero-order valence-electron chi connectivity index (χ0n) is 27.3. The second-order valence-corrected chi connectivity index (χ2v) is 12.2. The third kappa shape index (κ3) is 8.81. The fourth-order valence-electron chi connectivity index (χ4n) is 5.55. The van der Waals surface area contributed by atoms with Crippen molar-refractivity contribution in [2.75, 3.05) is 5.73 Å². The van der Waals surface area contributed by atoms with Gasteiger partial charge in [-0.1, -0.05) is 57.6 Å². The number of halogens is 8. The first-order valence-electron chi connectivity index (χ1n) is 16.0. The van der Waals surface area contributed by atoms with Crippen molar-refractivity contribution in [1.82, 2.24) is 34.3 Å². The second-order valence-electron chi connectivity index (χ2n) is 11.8. The summed E-state index contributed by atoms with van der Waals surface area (Å²) in [6.45, 7) is 3.44. The molecule has 0 unspecified atom stereocenters. The Morgan fingerprint density at radius 1 is 1.08 bits per heavy atom. The van der Waals surface area contributed by atoms with Gasteiger partial charge in [0.05, 0.1) is 16.3 Å². The normalized spacial score (nSPS) is 13.2. The fourth-order valence-corrected chi connectivity index (χ4v) is 5.72. The molecule has 1 aliphatic rings. The number of hydrogen-bond acceptors (Lipinski definition) is 6. The number of benzene rings is 1. The van der Waals surface area contributed by atoms with Gasteiger partial charge in [0.1, 0.15) is 29.2 Å². The summed E-state index contributed by atoms with van der Waals surface area (Å²) in [4.78, 5) is 22.2. The predicted octanol–water partition coefficient (Wildman–Crippen LogP) is 8.28. The van der Waals surface area contributed by atoms with E-state index in [9.17, 15) is 35.5 Å². The maximum Gasteiger partial charge on any atom is 0.416 e. The molecule has 0 aliphatic heterocycles. The SMILES string of the molecule is CCCCCCCCc1c(CC)nc2ncnn2c1N.Cn1nc(C(F)F)c(C(=O)N(Cc2c(C(F)(F)F)ccc(Cl)c2F)C2CC2)c1F. The number of nitrogen functional groups attached to an aromatic ring is 1. The zero-order chi connectivity index (χ0) is 36.0. The maximum absolute atomic E-state index is 14.4. The van der Waals surface area contributed by atoms with E-state index >= 15 is 0 Å². The van der Waals surface area contributed by atoms with E-state index in [0.717, 1.165) is 42.1 Å². The average Bonchev–Trinajstić information content (AvgIpc) is 3.69. The van der Waals surface area contributed by atoms with Gasteiger partial charge in [0.15, 0.2) is 0 Å². The Labute approximate surface area is 283 Å². The largest absolute Gasteiger partial charge is 0.416 e. The van der Waals surface area contributed by atoms with Crippen LogP contribution in [0.3, 0.4) is 0 Å². The molecule has 17 heteroatoms. The number of nitrogens with zero attached hydrogens (tertiary/aromatic N) is 7. The first-order valence-corrected chi connectivity index (χ1v) is 16.4. The molecule has 0 spiro atoms. The van der Waals surface area contributed by atoms with Crippen LogP contribution in [0.2, 0.25) is 5.02 Å². The Balaban J connectivity index is 0.000000237. The third-order valence-electron chi connectivity index (χ3n) is 8.27. The van der Waals surface area contributed by atoms with Crippen LogP contribution in [-0.4, -0.2) is 46.2 Å². The molecule has 0 saturated heterocycles. The summed E-state index contributed by atoms with van der Waals surface area (Å²) in [6.07, 6.45) is 3.56. The van der Waals surface area contributed by atoms with Crippen molar-refractivity contribution < 1.29 is 35.5 Å². The Morgan fingerprint density at radius 2 is 1.76 bits per heavy atom. The molecule has 2 N–H and O–H groups in total. The lowest BCUT2D eigenvalue weighted by Gasteiger charge is -2.25. The second kappa shape index (κ2) is 16.2. The predicted molar refractivity (Wildman–Crippen MR) is 169 cm³/mol. The van der Waals surface area contributed by atoms with Gasteiger partial charge in [-0.3, -0.25) is 4.79 Å². The quantitative estimate of drug-likeness (QED) is 0.110. The van der Waals surface area contributed by atoms with Crippen LogP contribution >= 0.6 is 11.6 Å². The molecule has 1 aromatic carbocycles. The smallest absolute Gasteiger partial charge is 0.383 e. The van der Waals surface area contributed by atoms with Gasteiger partial charge in [-0.25, -0.2) is 22.8 Å². The number of carbonyl (C=O) groups is 1. The molecule has 9 nitrogen and oxygen atoms in total. The molecular weight excluding hydrogens is 681 g/mol. The van der Waals surface area contributed by atoms with Gasteiger partial charge in [0.2, 0.25) is 5.95 Å². The lowest BCUT2D eigenvalue weighted by Crippen LogP contribution is -2.35.